The lowest BCUT2D eigenvalue weighted by atomic mass is 9.99. The topological polar surface area (TPSA) is 0 Å². The van der Waals surface area contributed by atoms with Crippen LogP contribution in [0.25, 0.3) is 0 Å². The minimum absolute atomic E-state index is 0.0773. The summed E-state index contributed by atoms with van der Waals surface area (Å²) in [7, 11) is 0. The van der Waals surface area contributed by atoms with E-state index >= 15 is 0 Å². The number of benzene rings is 1. The Bertz CT molecular complexity index is 341. The van der Waals surface area contributed by atoms with Crippen LogP contribution in [0.15, 0.2) is 24.3 Å². The molecule has 0 aliphatic rings. The van der Waals surface area contributed by atoms with Gasteiger partial charge in [-0.25, -0.2) is 0 Å². The lowest BCUT2D eigenvalue weighted by Crippen LogP contribution is -2.08. The zero-order valence-electron chi connectivity index (χ0n) is 9.89. The van der Waals surface area contributed by atoms with Gasteiger partial charge in [-0.3, -0.25) is 0 Å². The van der Waals surface area contributed by atoms with Crippen molar-refractivity contribution in [2.24, 2.45) is 0 Å². The van der Waals surface area contributed by atoms with Crippen molar-refractivity contribution in [3.63, 3.8) is 0 Å². The zero-order chi connectivity index (χ0) is 13.1. The third-order valence-corrected chi connectivity index (χ3v) is 3.12. The molecule has 0 radical (unpaired) electrons. The minimum Gasteiger partial charge on any atom is -0.171 e. The molecule has 0 N–H and O–H groups in total. The van der Waals surface area contributed by atoms with Gasteiger partial charge in [-0.05, 0) is 23.5 Å². The number of halogens is 4. The van der Waals surface area contributed by atoms with E-state index in [-0.39, 0.29) is 6.42 Å². The highest BCUT2D eigenvalue weighted by atomic mass is 35.5. The Hall–Kier alpha value is -0.700. The molecule has 4 heteroatoms. The van der Waals surface area contributed by atoms with Gasteiger partial charge in [0.05, 0.1) is 5.38 Å². The summed E-state index contributed by atoms with van der Waals surface area (Å²) < 4.78 is 36.1. The average Bonchev–Trinajstić information content (AvgIpc) is 2.25. The lowest BCUT2D eigenvalue weighted by molar-refractivity contribution is -0.135. The van der Waals surface area contributed by atoms with Crippen LogP contribution in [0.2, 0.25) is 0 Å². The van der Waals surface area contributed by atoms with E-state index in [1.165, 1.54) is 0 Å². The molecule has 0 nitrogen and oxygen atoms in total. The molecule has 1 rings (SSSR count). The van der Waals surface area contributed by atoms with Gasteiger partial charge < -0.3 is 0 Å². The molecular formula is C13H16ClF3. The van der Waals surface area contributed by atoms with Gasteiger partial charge >= 0.3 is 6.18 Å². The lowest BCUT2D eigenvalue weighted by Gasteiger charge is -2.13. The SMILES string of the molecule is CC(C)c1ccc(C(Cl)CCC(F)(F)F)cc1. The van der Waals surface area contributed by atoms with E-state index < -0.39 is 18.0 Å². The Morgan fingerprint density at radius 2 is 1.53 bits per heavy atom. The van der Waals surface area contributed by atoms with Crippen molar-refractivity contribution in [2.75, 3.05) is 0 Å². The summed E-state index contributed by atoms with van der Waals surface area (Å²) in [5, 5.41) is -0.571. The summed E-state index contributed by atoms with van der Waals surface area (Å²) in [5.41, 5.74) is 1.91. The zero-order valence-corrected chi connectivity index (χ0v) is 10.6. The van der Waals surface area contributed by atoms with Crippen molar-refractivity contribution in [1.29, 1.82) is 0 Å². The fourth-order valence-electron chi connectivity index (χ4n) is 1.55. The Labute approximate surface area is 105 Å². The van der Waals surface area contributed by atoms with E-state index in [0.717, 1.165) is 11.1 Å². The maximum atomic E-state index is 12.0. The number of alkyl halides is 4. The van der Waals surface area contributed by atoms with E-state index in [4.69, 9.17) is 11.6 Å². The second-order valence-corrected chi connectivity index (χ2v) is 4.97. The molecule has 1 atom stereocenters. The molecule has 0 saturated heterocycles. The standard InChI is InChI=1S/C13H16ClF3/c1-9(2)10-3-5-11(6-4-10)12(14)7-8-13(15,16)17/h3-6,9,12H,7-8H2,1-2H3. The van der Waals surface area contributed by atoms with E-state index in [0.29, 0.717) is 5.92 Å². The van der Waals surface area contributed by atoms with Crippen LogP contribution < -0.4 is 0 Å². The highest BCUT2D eigenvalue weighted by Gasteiger charge is 2.28. The van der Waals surface area contributed by atoms with E-state index in [2.05, 4.69) is 13.8 Å². The maximum absolute atomic E-state index is 12.0. The van der Waals surface area contributed by atoms with E-state index in [1.807, 2.05) is 24.3 Å². The third kappa shape index (κ3) is 4.99. The van der Waals surface area contributed by atoms with Gasteiger partial charge in [0.15, 0.2) is 0 Å². The fraction of sp³-hybridized carbons (Fsp3) is 0.538. The van der Waals surface area contributed by atoms with Gasteiger partial charge in [-0.15, -0.1) is 11.6 Å². The van der Waals surface area contributed by atoms with Crippen LogP contribution in [-0.4, -0.2) is 6.18 Å². The van der Waals surface area contributed by atoms with Crippen LogP contribution in [0.5, 0.6) is 0 Å². The molecule has 0 aliphatic carbocycles. The summed E-state index contributed by atoms with van der Waals surface area (Å²) in [4.78, 5) is 0. The molecule has 1 aromatic rings. The Morgan fingerprint density at radius 1 is 1.06 bits per heavy atom. The van der Waals surface area contributed by atoms with Gasteiger partial charge in [0, 0.05) is 6.42 Å². The van der Waals surface area contributed by atoms with Crippen molar-refractivity contribution in [3.8, 4) is 0 Å². The first-order valence-corrected chi connectivity index (χ1v) is 6.04. The van der Waals surface area contributed by atoms with Crippen molar-refractivity contribution in [1.82, 2.24) is 0 Å². The summed E-state index contributed by atoms with van der Waals surface area (Å²) in [6, 6.07) is 7.46. The van der Waals surface area contributed by atoms with Crippen LogP contribution >= 0.6 is 11.6 Å². The molecule has 0 bridgehead atoms. The predicted molar refractivity (Wildman–Crippen MR) is 64.4 cm³/mol. The largest absolute Gasteiger partial charge is 0.389 e. The van der Waals surface area contributed by atoms with E-state index in [1.54, 1.807) is 0 Å². The summed E-state index contributed by atoms with van der Waals surface area (Å²) in [5.74, 6) is 0.410. The molecule has 0 saturated carbocycles. The van der Waals surface area contributed by atoms with Crippen molar-refractivity contribution < 1.29 is 13.2 Å². The molecule has 1 unspecified atom stereocenters. The normalized spacial score (nSPS) is 14.1. The average molecular weight is 265 g/mol. The first-order chi connectivity index (χ1) is 7.79. The Balaban J connectivity index is 2.60. The molecule has 0 fully saturated rings. The monoisotopic (exact) mass is 264 g/mol. The summed E-state index contributed by atoms with van der Waals surface area (Å²) >= 11 is 5.94. The smallest absolute Gasteiger partial charge is 0.171 e. The first kappa shape index (κ1) is 14.4. The predicted octanol–water partition coefficient (Wildman–Crippen LogP) is 5.43. The van der Waals surface area contributed by atoms with Gasteiger partial charge in [0.1, 0.15) is 0 Å². The molecule has 0 heterocycles. The third-order valence-electron chi connectivity index (χ3n) is 2.65. The fourth-order valence-corrected chi connectivity index (χ4v) is 1.80. The van der Waals surface area contributed by atoms with Crippen LogP contribution in [0.4, 0.5) is 13.2 Å². The molecule has 0 amide bonds. The van der Waals surface area contributed by atoms with Gasteiger partial charge in [0.2, 0.25) is 0 Å². The molecular weight excluding hydrogens is 249 g/mol. The number of hydrogen-bond donors (Lipinski definition) is 0. The van der Waals surface area contributed by atoms with E-state index in [9.17, 15) is 13.2 Å². The number of rotatable bonds is 4. The number of hydrogen-bond acceptors (Lipinski definition) is 0. The Morgan fingerprint density at radius 3 is 1.94 bits per heavy atom. The van der Waals surface area contributed by atoms with Crippen molar-refractivity contribution in [3.05, 3.63) is 35.4 Å². The van der Waals surface area contributed by atoms with Gasteiger partial charge in [0.25, 0.3) is 0 Å². The molecule has 1 aromatic carbocycles. The molecule has 96 valence electrons. The van der Waals surface area contributed by atoms with Gasteiger partial charge in [-0.2, -0.15) is 13.2 Å². The summed E-state index contributed by atoms with van der Waals surface area (Å²) in [6.07, 6.45) is -5.05. The second-order valence-electron chi connectivity index (χ2n) is 4.44. The summed E-state index contributed by atoms with van der Waals surface area (Å²) in [6.45, 7) is 4.13. The van der Waals surface area contributed by atoms with Crippen LogP contribution in [0.3, 0.4) is 0 Å². The quantitative estimate of drug-likeness (QED) is 0.636. The Kier molecular flexibility index (Phi) is 4.87. The first-order valence-electron chi connectivity index (χ1n) is 5.60. The molecule has 0 aromatic heterocycles. The van der Waals surface area contributed by atoms with Crippen molar-refractivity contribution in [2.45, 2.75) is 44.2 Å². The molecule has 0 aliphatic heterocycles. The van der Waals surface area contributed by atoms with Gasteiger partial charge in [-0.1, -0.05) is 38.1 Å². The van der Waals surface area contributed by atoms with Crippen LogP contribution in [-0.2, 0) is 0 Å². The van der Waals surface area contributed by atoms with Crippen LogP contribution in [0.1, 0.15) is 49.1 Å². The molecule has 0 spiro atoms. The highest BCUT2D eigenvalue weighted by Crippen LogP contribution is 2.32. The minimum atomic E-state index is -4.13. The second kappa shape index (κ2) is 5.76. The maximum Gasteiger partial charge on any atom is 0.389 e. The highest BCUT2D eigenvalue weighted by molar-refractivity contribution is 6.20. The van der Waals surface area contributed by atoms with Crippen molar-refractivity contribution >= 4 is 11.6 Å². The van der Waals surface area contributed by atoms with Crippen LogP contribution in [0, 0.1) is 0 Å². The molecule has 17 heavy (non-hydrogen) atoms.